The van der Waals surface area contributed by atoms with Crippen LogP contribution in [0.5, 0.6) is 0 Å². The SMILES string of the molecule is Cc1csc(CCNc2ncc([N+](=O)[O-])s2)n1. The molecule has 0 spiro atoms. The molecule has 0 unspecified atom stereocenters. The average molecular weight is 270 g/mol. The summed E-state index contributed by atoms with van der Waals surface area (Å²) in [6, 6.07) is 0. The summed E-state index contributed by atoms with van der Waals surface area (Å²) >= 11 is 2.66. The Kier molecular flexibility index (Phi) is 3.64. The number of anilines is 1. The van der Waals surface area contributed by atoms with Crippen LogP contribution in [0.1, 0.15) is 10.7 Å². The number of nitro groups is 1. The maximum Gasteiger partial charge on any atom is 0.345 e. The van der Waals surface area contributed by atoms with Crippen molar-refractivity contribution in [2.75, 3.05) is 11.9 Å². The molecule has 6 nitrogen and oxygen atoms in total. The summed E-state index contributed by atoms with van der Waals surface area (Å²) in [7, 11) is 0. The molecule has 90 valence electrons. The third-order valence-electron chi connectivity index (χ3n) is 1.96. The number of aryl methyl sites for hydroxylation is 1. The predicted octanol–water partition coefficient (Wildman–Crippen LogP) is 2.47. The average Bonchev–Trinajstić information content (AvgIpc) is 2.88. The quantitative estimate of drug-likeness (QED) is 0.666. The van der Waals surface area contributed by atoms with Gasteiger partial charge in [0.05, 0.1) is 9.93 Å². The van der Waals surface area contributed by atoms with Gasteiger partial charge in [-0.15, -0.1) is 11.3 Å². The van der Waals surface area contributed by atoms with Gasteiger partial charge in [0.1, 0.15) is 6.20 Å². The van der Waals surface area contributed by atoms with Crippen molar-refractivity contribution >= 4 is 32.8 Å². The van der Waals surface area contributed by atoms with Crippen molar-refractivity contribution in [3.63, 3.8) is 0 Å². The Morgan fingerprint density at radius 3 is 3.00 bits per heavy atom. The van der Waals surface area contributed by atoms with E-state index in [0.29, 0.717) is 11.7 Å². The van der Waals surface area contributed by atoms with Gasteiger partial charge in [-0.1, -0.05) is 0 Å². The molecule has 0 saturated heterocycles. The molecule has 8 heteroatoms. The van der Waals surface area contributed by atoms with Crippen molar-refractivity contribution in [2.45, 2.75) is 13.3 Å². The van der Waals surface area contributed by atoms with Crippen LogP contribution in [-0.4, -0.2) is 21.4 Å². The Labute approximate surface area is 106 Å². The molecule has 0 aromatic carbocycles. The highest BCUT2D eigenvalue weighted by Crippen LogP contribution is 2.24. The second-order valence-electron chi connectivity index (χ2n) is 3.32. The van der Waals surface area contributed by atoms with Crippen LogP contribution in [0.15, 0.2) is 11.6 Å². The maximum atomic E-state index is 10.5. The van der Waals surface area contributed by atoms with Gasteiger partial charge in [-0.25, -0.2) is 9.97 Å². The molecule has 0 saturated carbocycles. The molecule has 0 aliphatic heterocycles. The Hall–Kier alpha value is -1.54. The third-order valence-corrected chi connectivity index (χ3v) is 3.89. The summed E-state index contributed by atoms with van der Waals surface area (Å²) in [5.74, 6) is 0. The fourth-order valence-corrected chi connectivity index (χ4v) is 2.66. The molecule has 0 aliphatic carbocycles. The standard InChI is InChI=1S/C9H10N4O2S2/c1-6-5-16-7(12-6)2-3-10-9-11-4-8(17-9)13(14)15/h4-5H,2-3H2,1H3,(H,10,11). The zero-order chi connectivity index (χ0) is 12.3. The summed E-state index contributed by atoms with van der Waals surface area (Å²) in [4.78, 5) is 18.3. The molecule has 1 N–H and O–H groups in total. The molecule has 2 aromatic heterocycles. The zero-order valence-electron chi connectivity index (χ0n) is 9.04. The zero-order valence-corrected chi connectivity index (χ0v) is 10.7. The van der Waals surface area contributed by atoms with Gasteiger partial charge in [0.25, 0.3) is 0 Å². The molecular formula is C9H10N4O2S2. The van der Waals surface area contributed by atoms with Crippen molar-refractivity contribution in [2.24, 2.45) is 0 Å². The normalized spacial score (nSPS) is 10.4. The van der Waals surface area contributed by atoms with Gasteiger partial charge in [-0.2, -0.15) is 0 Å². The van der Waals surface area contributed by atoms with Gasteiger partial charge in [-0.3, -0.25) is 10.1 Å². The van der Waals surface area contributed by atoms with Crippen molar-refractivity contribution in [1.29, 1.82) is 0 Å². The minimum Gasteiger partial charge on any atom is -0.361 e. The summed E-state index contributed by atoms with van der Waals surface area (Å²) in [6.45, 7) is 2.63. The second-order valence-corrected chi connectivity index (χ2v) is 5.27. The Morgan fingerprint density at radius 1 is 1.59 bits per heavy atom. The Balaban J connectivity index is 1.83. The minimum absolute atomic E-state index is 0.0533. The van der Waals surface area contributed by atoms with Crippen molar-refractivity contribution in [1.82, 2.24) is 9.97 Å². The number of hydrogen-bond acceptors (Lipinski definition) is 7. The van der Waals surface area contributed by atoms with Gasteiger partial charge in [-0.05, 0) is 18.3 Å². The molecule has 2 heterocycles. The largest absolute Gasteiger partial charge is 0.361 e. The molecule has 0 aliphatic rings. The van der Waals surface area contributed by atoms with Crippen LogP contribution in [0.25, 0.3) is 0 Å². The number of nitrogens with zero attached hydrogens (tertiary/aromatic N) is 3. The molecule has 0 amide bonds. The van der Waals surface area contributed by atoms with E-state index in [-0.39, 0.29) is 5.00 Å². The highest BCUT2D eigenvalue weighted by atomic mass is 32.1. The molecular weight excluding hydrogens is 260 g/mol. The van der Waals surface area contributed by atoms with Gasteiger partial charge < -0.3 is 5.32 Å². The van der Waals surface area contributed by atoms with E-state index in [1.54, 1.807) is 11.3 Å². The van der Waals surface area contributed by atoms with Crippen LogP contribution < -0.4 is 5.32 Å². The summed E-state index contributed by atoms with van der Waals surface area (Å²) in [5, 5.41) is 17.2. The van der Waals surface area contributed by atoms with Crippen molar-refractivity contribution < 1.29 is 4.92 Å². The lowest BCUT2D eigenvalue weighted by molar-refractivity contribution is -0.380. The molecule has 2 aromatic rings. The van der Waals surface area contributed by atoms with E-state index in [1.165, 1.54) is 6.20 Å². The Morgan fingerprint density at radius 2 is 2.41 bits per heavy atom. The Bertz CT molecular complexity index is 523. The van der Waals surface area contributed by atoms with Crippen LogP contribution in [0.4, 0.5) is 10.1 Å². The van der Waals surface area contributed by atoms with E-state index in [2.05, 4.69) is 15.3 Å². The first-order valence-electron chi connectivity index (χ1n) is 4.90. The van der Waals surface area contributed by atoms with Gasteiger partial charge in [0.15, 0.2) is 5.13 Å². The van der Waals surface area contributed by atoms with E-state index < -0.39 is 4.92 Å². The monoisotopic (exact) mass is 270 g/mol. The first-order valence-corrected chi connectivity index (χ1v) is 6.60. The van der Waals surface area contributed by atoms with E-state index in [0.717, 1.165) is 28.5 Å². The molecule has 0 fully saturated rings. The highest BCUT2D eigenvalue weighted by Gasteiger charge is 2.10. The van der Waals surface area contributed by atoms with Crippen LogP contribution >= 0.6 is 22.7 Å². The summed E-state index contributed by atoms with van der Waals surface area (Å²) in [6.07, 6.45) is 2.06. The number of aromatic nitrogens is 2. The van der Waals surface area contributed by atoms with Crippen LogP contribution in [0, 0.1) is 17.0 Å². The molecule has 17 heavy (non-hydrogen) atoms. The number of nitrogens with one attached hydrogen (secondary N) is 1. The first kappa shape index (κ1) is 11.9. The molecule has 2 rings (SSSR count). The lowest BCUT2D eigenvalue weighted by atomic mass is 10.4. The maximum absolute atomic E-state index is 10.5. The van der Waals surface area contributed by atoms with Gasteiger partial charge >= 0.3 is 5.00 Å². The number of hydrogen-bond donors (Lipinski definition) is 1. The van der Waals surface area contributed by atoms with Crippen molar-refractivity contribution in [3.05, 3.63) is 32.4 Å². The van der Waals surface area contributed by atoms with E-state index in [1.807, 2.05) is 12.3 Å². The second kappa shape index (κ2) is 5.19. The van der Waals surface area contributed by atoms with Crippen LogP contribution in [0.2, 0.25) is 0 Å². The molecule has 0 bridgehead atoms. The summed E-state index contributed by atoms with van der Waals surface area (Å²) in [5.41, 5.74) is 1.02. The van der Waals surface area contributed by atoms with Crippen molar-refractivity contribution in [3.8, 4) is 0 Å². The number of rotatable bonds is 5. The first-order chi connectivity index (χ1) is 8.15. The van der Waals surface area contributed by atoms with E-state index in [9.17, 15) is 10.1 Å². The van der Waals surface area contributed by atoms with E-state index >= 15 is 0 Å². The lowest BCUT2D eigenvalue weighted by Crippen LogP contribution is -2.04. The van der Waals surface area contributed by atoms with E-state index in [4.69, 9.17) is 0 Å². The minimum atomic E-state index is -0.437. The predicted molar refractivity (Wildman–Crippen MR) is 67.8 cm³/mol. The lowest BCUT2D eigenvalue weighted by Gasteiger charge is -1.98. The van der Waals surface area contributed by atoms with Gasteiger partial charge in [0, 0.05) is 24.0 Å². The molecule has 0 atom stereocenters. The fourth-order valence-electron chi connectivity index (χ4n) is 1.23. The topological polar surface area (TPSA) is 81.0 Å². The number of thiazole rings is 2. The van der Waals surface area contributed by atoms with Gasteiger partial charge in [0.2, 0.25) is 0 Å². The third kappa shape index (κ3) is 3.21. The summed E-state index contributed by atoms with van der Waals surface area (Å²) < 4.78 is 0. The van der Waals surface area contributed by atoms with Crippen LogP contribution in [-0.2, 0) is 6.42 Å². The highest BCUT2D eigenvalue weighted by molar-refractivity contribution is 7.18. The fraction of sp³-hybridized carbons (Fsp3) is 0.333. The molecule has 0 radical (unpaired) electrons. The van der Waals surface area contributed by atoms with Crippen LogP contribution in [0.3, 0.4) is 0 Å². The smallest absolute Gasteiger partial charge is 0.345 e.